The number of rotatable bonds is 5. The van der Waals surface area contributed by atoms with Gasteiger partial charge in [-0.2, -0.15) is 4.39 Å². The zero-order valence-corrected chi connectivity index (χ0v) is 18.1. The van der Waals surface area contributed by atoms with E-state index in [1.54, 1.807) is 14.0 Å². The van der Waals surface area contributed by atoms with E-state index in [1.807, 2.05) is 13.0 Å². The lowest BCUT2D eigenvalue weighted by molar-refractivity contribution is -0.387. The predicted octanol–water partition coefficient (Wildman–Crippen LogP) is 5.72. The van der Waals surface area contributed by atoms with Gasteiger partial charge in [-0.3, -0.25) is 14.9 Å². The number of fused-ring (bicyclic) bond motifs is 3. The number of amides is 1. The number of hydrogen-bond donors (Lipinski definition) is 1. The highest BCUT2D eigenvalue weighted by Gasteiger charge is 2.23. The Hall–Kier alpha value is -3.68. The van der Waals surface area contributed by atoms with Crippen LogP contribution in [-0.4, -0.2) is 17.9 Å². The van der Waals surface area contributed by atoms with Crippen LogP contribution < -0.4 is 10.1 Å². The molecule has 1 aliphatic carbocycles. The number of nitrogens with one attached hydrogen (secondary N) is 1. The van der Waals surface area contributed by atoms with Crippen molar-refractivity contribution >= 4 is 33.8 Å². The molecule has 0 radical (unpaired) electrons. The van der Waals surface area contributed by atoms with Crippen molar-refractivity contribution in [2.45, 2.75) is 39.5 Å². The first-order chi connectivity index (χ1) is 15.3. The van der Waals surface area contributed by atoms with E-state index in [4.69, 9.17) is 9.15 Å². The largest absolute Gasteiger partial charge is 0.496 e. The number of nitro benzene ring substituents is 1. The van der Waals surface area contributed by atoms with Crippen molar-refractivity contribution in [2.75, 3.05) is 12.4 Å². The third-order valence-electron chi connectivity index (χ3n) is 5.81. The van der Waals surface area contributed by atoms with Crippen molar-refractivity contribution in [2.24, 2.45) is 0 Å². The molecule has 0 saturated carbocycles. The number of furan rings is 1. The molecule has 32 heavy (non-hydrogen) atoms. The number of carbonyl (C=O) groups excluding carboxylic acids is 1. The van der Waals surface area contributed by atoms with Crippen molar-refractivity contribution in [1.29, 1.82) is 0 Å². The van der Waals surface area contributed by atoms with Gasteiger partial charge in [0.25, 0.3) is 0 Å². The summed E-state index contributed by atoms with van der Waals surface area (Å²) in [6, 6.07) is 5.21. The molecule has 1 aliphatic rings. The number of benzene rings is 2. The molecular weight excluding hydrogens is 415 g/mol. The molecule has 1 heterocycles. The monoisotopic (exact) mass is 438 g/mol. The maximum Gasteiger partial charge on any atom is 0.306 e. The van der Waals surface area contributed by atoms with Gasteiger partial charge >= 0.3 is 5.69 Å². The molecule has 7 nitrogen and oxygen atoms in total. The maximum absolute atomic E-state index is 13.5. The maximum atomic E-state index is 13.5. The van der Waals surface area contributed by atoms with E-state index in [1.165, 1.54) is 17.7 Å². The normalized spacial score (nSPS) is 13.7. The molecule has 1 aromatic heterocycles. The summed E-state index contributed by atoms with van der Waals surface area (Å²) in [7, 11) is 1.57. The number of aryl methyl sites for hydroxylation is 3. The molecular formula is C24H23FN2O5. The van der Waals surface area contributed by atoms with Gasteiger partial charge in [-0.1, -0.05) is 0 Å². The van der Waals surface area contributed by atoms with Crippen LogP contribution in [-0.2, 0) is 17.6 Å². The van der Waals surface area contributed by atoms with Crippen LogP contribution in [0.3, 0.4) is 0 Å². The second kappa shape index (κ2) is 8.45. The van der Waals surface area contributed by atoms with Gasteiger partial charge in [-0.25, -0.2) is 0 Å². The quantitative estimate of drug-likeness (QED) is 0.312. The van der Waals surface area contributed by atoms with Gasteiger partial charge in [-0.15, -0.1) is 0 Å². The lowest BCUT2D eigenvalue weighted by atomic mass is 9.93. The van der Waals surface area contributed by atoms with Crippen LogP contribution in [0.4, 0.5) is 15.8 Å². The van der Waals surface area contributed by atoms with Gasteiger partial charge in [0, 0.05) is 46.3 Å². The Morgan fingerprint density at radius 2 is 2.03 bits per heavy atom. The summed E-state index contributed by atoms with van der Waals surface area (Å²) in [6.45, 7) is 3.73. The van der Waals surface area contributed by atoms with Crippen LogP contribution in [0.2, 0.25) is 0 Å². The van der Waals surface area contributed by atoms with Crippen molar-refractivity contribution in [3.63, 3.8) is 0 Å². The summed E-state index contributed by atoms with van der Waals surface area (Å²) in [5.74, 6) is 0.197. The molecule has 8 heteroatoms. The number of halogens is 1. The summed E-state index contributed by atoms with van der Waals surface area (Å²) in [6.07, 6.45) is 5.49. The van der Waals surface area contributed by atoms with Crippen molar-refractivity contribution in [3.8, 4) is 5.75 Å². The van der Waals surface area contributed by atoms with E-state index >= 15 is 0 Å². The molecule has 0 saturated heterocycles. The molecule has 0 atom stereocenters. The Bertz CT molecular complexity index is 1280. The second-order valence-electron chi connectivity index (χ2n) is 7.91. The molecule has 4 rings (SSSR count). The number of methoxy groups -OCH3 is 1. The first-order valence-electron chi connectivity index (χ1n) is 10.4. The minimum absolute atomic E-state index is 0.134. The van der Waals surface area contributed by atoms with Crippen LogP contribution in [0.15, 0.2) is 34.8 Å². The minimum Gasteiger partial charge on any atom is -0.496 e. The van der Waals surface area contributed by atoms with Crippen molar-refractivity contribution < 1.29 is 23.3 Å². The van der Waals surface area contributed by atoms with Crippen LogP contribution in [0.1, 0.15) is 42.2 Å². The van der Waals surface area contributed by atoms with Gasteiger partial charge in [0.15, 0.2) is 0 Å². The third-order valence-corrected chi connectivity index (χ3v) is 5.81. The fourth-order valence-electron chi connectivity index (χ4n) is 4.28. The van der Waals surface area contributed by atoms with E-state index in [9.17, 15) is 19.3 Å². The Morgan fingerprint density at radius 1 is 1.28 bits per heavy atom. The third kappa shape index (κ3) is 3.84. The average Bonchev–Trinajstić information content (AvgIpc) is 3.14. The number of nitro groups is 1. The highest BCUT2D eigenvalue weighted by Crippen LogP contribution is 2.41. The van der Waals surface area contributed by atoms with Crippen molar-refractivity contribution in [1.82, 2.24) is 0 Å². The zero-order chi connectivity index (χ0) is 23.0. The van der Waals surface area contributed by atoms with Crippen LogP contribution in [0, 0.1) is 22.9 Å². The molecule has 0 fully saturated rings. The minimum atomic E-state index is -0.961. The van der Waals surface area contributed by atoms with Gasteiger partial charge in [-0.05, 0) is 56.9 Å². The Labute approximate surface area is 184 Å². The van der Waals surface area contributed by atoms with Gasteiger partial charge in [0.2, 0.25) is 11.7 Å². The standard InChI is InChI=1S/C24H23FN2O5/c1-13(10-22(28)26-15-8-9-19(25)20(11-15)27(29)30)17-12-18-16-6-4-5-7-21(16)32-24(18)14(2)23(17)31-3/h8-12H,4-7H2,1-3H3,(H,26,28)/b13-10+. The topological polar surface area (TPSA) is 94.6 Å². The van der Waals surface area contributed by atoms with Gasteiger partial charge in [0.1, 0.15) is 17.1 Å². The first kappa shape index (κ1) is 21.5. The highest BCUT2D eigenvalue weighted by molar-refractivity contribution is 6.05. The fourth-order valence-corrected chi connectivity index (χ4v) is 4.28. The molecule has 0 aliphatic heterocycles. The predicted molar refractivity (Wildman–Crippen MR) is 119 cm³/mol. The average molecular weight is 438 g/mol. The Balaban J connectivity index is 1.69. The van der Waals surface area contributed by atoms with Crippen LogP contribution in [0.5, 0.6) is 5.75 Å². The first-order valence-corrected chi connectivity index (χ1v) is 10.4. The molecule has 0 spiro atoms. The molecule has 0 unspecified atom stereocenters. The van der Waals surface area contributed by atoms with Gasteiger partial charge in [0.05, 0.1) is 12.0 Å². The van der Waals surface area contributed by atoms with Crippen molar-refractivity contribution in [3.05, 3.63) is 68.7 Å². The summed E-state index contributed by atoms with van der Waals surface area (Å²) in [5.41, 5.74) is 3.77. The van der Waals surface area contributed by atoms with E-state index in [2.05, 4.69) is 5.32 Å². The highest BCUT2D eigenvalue weighted by atomic mass is 19.1. The van der Waals surface area contributed by atoms with E-state index in [0.717, 1.165) is 65.7 Å². The molecule has 166 valence electrons. The number of anilines is 1. The Morgan fingerprint density at radius 3 is 2.75 bits per heavy atom. The molecule has 1 N–H and O–H groups in total. The molecule has 2 aromatic carbocycles. The fraction of sp³-hybridized carbons (Fsp3) is 0.292. The SMILES string of the molecule is COc1c(/C(C)=C/C(=O)Nc2ccc(F)c([N+](=O)[O-])c2)cc2c3c(oc2c1C)CCCC3. The molecule has 3 aromatic rings. The molecule has 0 bridgehead atoms. The van der Waals surface area contributed by atoms with Crippen LogP contribution >= 0.6 is 0 Å². The smallest absolute Gasteiger partial charge is 0.306 e. The lowest BCUT2D eigenvalue weighted by Crippen LogP contribution is -2.09. The van der Waals surface area contributed by atoms with E-state index in [0.29, 0.717) is 11.3 Å². The van der Waals surface area contributed by atoms with E-state index in [-0.39, 0.29) is 5.69 Å². The summed E-state index contributed by atoms with van der Waals surface area (Å²) < 4.78 is 25.3. The summed E-state index contributed by atoms with van der Waals surface area (Å²) in [5, 5.41) is 14.5. The number of ether oxygens (including phenoxy) is 1. The number of nitrogens with zero attached hydrogens (tertiary/aromatic N) is 1. The lowest BCUT2D eigenvalue weighted by Gasteiger charge is -2.13. The molecule has 1 amide bonds. The summed E-state index contributed by atoms with van der Waals surface area (Å²) >= 11 is 0. The van der Waals surface area contributed by atoms with E-state index < -0.39 is 22.3 Å². The number of carbonyl (C=O) groups is 1. The van der Waals surface area contributed by atoms with Crippen LogP contribution in [0.25, 0.3) is 16.5 Å². The Kier molecular flexibility index (Phi) is 5.69. The number of hydrogen-bond acceptors (Lipinski definition) is 5. The summed E-state index contributed by atoms with van der Waals surface area (Å²) in [4.78, 5) is 22.7. The number of allylic oxidation sites excluding steroid dienone is 1. The second-order valence-corrected chi connectivity index (χ2v) is 7.91. The zero-order valence-electron chi connectivity index (χ0n) is 18.1. The van der Waals surface area contributed by atoms with Gasteiger partial charge < -0.3 is 14.5 Å².